The summed E-state index contributed by atoms with van der Waals surface area (Å²) < 4.78 is 0. The Labute approximate surface area is 131 Å². The van der Waals surface area contributed by atoms with Crippen LogP contribution in [0.15, 0.2) is 0 Å². The van der Waals surface area contributed by atoms with E-state index in [2.05, 4.69) is 70.1 Å². The molecule has 0 aromatic heterocycles. The fourth-order valence-corrected chi connectivity index (χ4v) is 4.18. The molecule has 0 N–H and O–H groups in total. The monoisotopic (exact) mass is 322 g/mol. The second-order valence-electron chi connectivity index (χ2n) is 3.81. The zero-order chi connectivity index (χ0) is 13.0. The Balaban J connectivity index is 3.66. The SMILES string of the molecule is Cc1c(CS)c(CS)c(CS)c(CS)c1CS. The van der Waals surface area contributed by atoms with Crippen molar-refractivity contribution in [3.05, 3.63) is 33.4 Å². The van der Waals surface area contributed by atoms with E-state index >= 15 is 0 Å². The second-order valence-corrected chi connectivity index (χ2v) is 5.39. The Morgan fingerprint density at radius 3 is 1.00 bits per heavy atom. The summed E-state index contributed by atoms with van der Waals surface area (Å²) in [7, 11) is 0. The zero-order valence-electron chi connectivity index (χ0n) is 9.77. The third-order valence-electron chi connectivity index (χ3n) is 3.15. The van der Waals surface area contributed by atoms with Gasteiger partial charge in [0.05, 0.1) is 0 Å². The van der Waals surface area contributed by atoms with E-state index < -0.39 is 0 Å². The largest absolute Gasteiger partial charge is 0.175 e. The van der Waals surface area contributed by atoms with Crippen LogP contribution in [-0.2, 0) is 28.8 Å². The molecule has 0 spiro atoms. The number of hydrogen-bond donors (Lipinski definition) is 5. The topological polar surface area (TPSA) is 0 Å². The molecule has 17 heavy (non-hydrogen) atoms. The van der Waals surface area contributed by atoms with Gasteiger partial charge in [0.1, 0.15) is 0 Å². The van der Waals surface area contributed by atoms with Gasteiger partial charge in [0, 0.05) is 28.8 Å². The van der Waals surface area contributed by atoms with Crippen molar-refractivity contribution in [1.82, 2.24) is 0 Å². The van der Waals surface area contributed by atoms with Crippen molar-refractivity contribution in [1.29, 1.82) is 0 Å². The van der Waals surface area contributed by atoms with Crippen molar-refractivity contribution >= 4 is 63.1 Å². The fourth-order valence-electron chi connectivity index (χ4n) is 2.18. The van der Waals surface area contributed by atoms with E-state index in [-0.39, 0.29) is 0 Å². The minimum atomic E-state index is 0.716. The molecule has 96 valence electrons. The Morgan fingerprint density at radius 2 is 0.765 bits per heavy atom. The first-order chi connectivity index (χ1) is 8.15. The number of thiol groups is 5. The summed E-state index contributed by atoms with van der Waals surface area (Å²) in [4.78, 5) is 0. The standard InChI is InChI=1S/C12H18S5/c1-7-8(2-13)10(4-15)12(6-17)11(5-16)9(7)3-14/h13-17H,2-6H2,1H3. The van der Waals surface area contributed by atoms with Crippen LogP contribution in [0.3, 0.4) is 0 Å². The molecule has 5 heteroatoms. The molecule has 0 amide bonds. The lowest BCUT2D eigenvalue weighted by Crippen LogP contribution is -2.08. The lowest BCUT2D eigenvalue weighted by molar-refractivity contribution is 1.09. The van der Waals surface area contributed by atoms with Gasteiger partial charge < -0.3 is 0 Å². The van der Waals surface area contributed by atoms with Gasteiger partial charge in [0.15, 0.2) is 0 Å². The molecular formula is C12H18S5. The molecule has 0 saturated carbocycles. The van der Waals surface area contributed by atoms with Gasteiger partial charge in [0.2, 0.25) is 0 Å². The average Bonchev–Trinajstić information content (AvgIpc) is 2.36. The molecule has 0 aliphatic rings. The highest BCUT2D eigenvalue weighted by molar-refractivity contribution is 7.80. The first-order valence-electron chi connectivity index (χ1n) is 5.35. The summed E-state index contributed by atoms with van der Waals surface area (Å²) in [6.45, 7) is 2.14. The molecule has 1 rings (SSSR count). The molecule has 1 aromatic carbocycles. The number of hydrogen-bond acceptors (Lipinski definition) is 5. The van der Waals surface area contributed by atoms with Crippen LogP contribution in [0.2, 0.25) is 0 Å². The Hall–Kier alpha value is 0.970. The second kappa shape index (κ2) is 7.53. The van der Waals surface area contributed by atoms with Crippen molar-refractivity contribution in [2.45, 2.75) is 35.7 Å². The van der Waals surface area contributed by atoms with E-state index in [1.165, 1.54) is 33.4 Å². The Morgan fingerprint density at radius 1 is 0.529 bits per heavy atom. The maximum atomic E-state index is 4.45. The van der Waals surface area contributed by atoms with Crippen LogP contribution in [0.1, 0.15) is 33.4 Å². The van der Waals surface area contributed by atoms with E-state index in [0.717, 1.165) is 23.0 Å². The van der Waals surface area contributed by atoms with E-state index in [1.54, 1.807) is 0 Å². The highest BCUT2D eigenvalue weighted by atomic mass is 32.1. The van der Waals surface area contributed by atoms with Gasteiger partial charge >= 0.3 is 0 Å². The molecular weight excluding hydrogens is 304 g/mol. The van der Waals surface area contributed by atoms with Crippen molar-refractivity contribution in [2.75, 3.05) is 0 Å². The smallest absolute Gasteiger partial charge is 0.0160 e. The molecule has 0 aliphatic carbocycles. The molecule has 0 saturated heterocycles. The lowest BCUT2D eigenvalue weighted by atomic mass is 9.90. The zero-order valence-corrected chi connectivity index (χ0v) is 14.2. The molecule has 0 heterocycles. The van der Waals surface area contributed by atoms with Crippen LogP contribution < -0.4 is 0 Å². The van der Waals surface area contributed by atoms with Crippen molar-refractivity contribution in [3.8, 4) is 0 Å². The van der Waals surface area contributed by atoms with Crippen molar-refractivity contribution < 1.29 is 0 Å². The van der Waals surface area contributed by atoms with Gasteiger partial charge in [-0.1, -0.05) is 0 Å². The lowest BCUT2D eigenvalue weighted by Gasteiger charge is -2.22. The van der Waals surface area contributed by atoms with E-state index in [9.17, 15) is 0 Å². The predicted octanol–water partition coefficient (Wildman–Crippen LogP) is 4.14. The van der Waals surface area contributed by atoms with Crippen LogP contribution in [0, 0.1) is 6.92 Å². The van der Waals surface area contributed by atoms with Gasteiger partial charge in [-0.25, -0.2) is 0 Å². The highest BCUT2D eigenvalue weighted by Gasteiger charge is 2.17. The van der Waals surface area contributed by atoms with Crippen LogP contribution in [-0.4, -0.2) is 0 Å². The maximum absolute atomic E-state index is 4.45. The summed E-state index contributed by atoms with van der Waals surface area (Å²) in [5.41, 5.74) is 7.64. The van der Waals surface area contributed by atoms with Gasteiger partial charge in [-0.2, -0.15) is 63.1 Å². The van der Waals surface area contributed by atoms with Crippen molar-refractivity contribution in [3.63, 3.8) is 0 Å². The van der Waals surface area contributed by atoms with Crippen LogP contribution >= 0.6 is 63.1 Å². The Bertz CT molecular complexity index is 367. The van der Waals surface area contributed by atoms with Crippen LogP contribution in [0.5, 0.6) is 0 Å². The Kier molecular flexibility index (Phi) is 7.10. The predicted molar refractivity (Wildman–Crippen MR) is 94.6 cm³/mol. The molecule has 0 aliphatic heterocycles. The van der Waals surface area contributed by atoms with E-state index in [0.29, 0.717) is 5.75 Å². The molecule has 1 aromatic rings. The minimum absolute atomic E-state index is 0.716. The number of rotatable bonds is 5. The summed E-state index contributed by atoms with van der Waals surface area (Å²) in [5, 5.41) is 0. The maximum Gasteiger partial charge on any atom is 0.0160 e. The first kappa shape index (κ1) is 16.0. The molecule has 0 unspecified atom stereocenters. The first-order valence-corrected chi connectivity index (χ1v) is 8.51. The van der Waals surface area contributed by atoms with E-state index in [4.69, 9.17) is 0 Å². The normalized spacial score (nSPS) is 10.9. The summed E-state index contributed by atoms with van der Waals surface area (Å²) in [6, 6.07) is 0. The third kappa shape index (κ3) is 3.11. The average molecular weight is 323 g/mol. The molecule has 0 bridgehead atoms. The molecule has 0 radical (unpaired) electrons. The summed E-state index contributed by atoms with van der Waals surface area (Å²) >= 11 is 22.2. The molecule has 0 atom stereocenters. The van der Waals surface area contributed by atoms with Crippen LogP contribution in [0.25, 0.3) is 0 Å². The highest BCUT2D eigenvalue weighted by Crippen LogP contribution is 2.33. The third-order valence-corrected chi connectivity index (χ3v) is 4.73. The summed E-state index contributed by atoms with van der Waals surface area (Å²) in [5.74, 6) is 3.63. The van der Waals surface area contributed by atoms with Gasteiger partial charge in [-0.3, -0.25) is 0 Å². The van der Waals surface area contributed by atoms with Gasteiger partial charge in [-0.05, 0) is 40.3 Å². The van der Waals surface area contributed by atoms with E-state index in [1.807, 2.05) is 0 Å². The quantitative estimate of drug-likeness (QED) is 0.494. The van der Waals surface area contributed by atoms with Crippen molar-refractivity contribution in [2.24, 2.45) is 0 Å². The van der Waals surface area contributed by atoms with Gasteiger partial charge in [-0.15, -0.1) is 0 Å². The van der Waals surface area contributed by atoms with Gasteiger partial charge in [0.25, 0.3) is 0 Å². The number of benzene rings is 1. The summed E-state index contributed by atoms with van der Waals surface area (Å²) in [6.07, 6.45) is 0. The molecule has 0 fully saturated rings. The minimum Gasteiger partial charge on any atom is -0.175 e. The van der Waals surface area contributed by atoms with Crippen LogP contribution in [0.4, 0.5) is 0 Å². The fraction of sp³-hybridized carbons (Fsp3) is 0.500. The molecule has 0 nitrogen and oxygen atoms in total.